The molecule has 0 atom stereocenters. The van der Waals surface area contributed by atoms with Crippen molar-refractivity contribution in [3.05, 3.63) is 29.6 Å². The van der Waals surface area contributed by atoms with Crippen molar-refractivity contribution in [2.24, 2.45) is 0 Å². The summed E-state index contributed by atoms with van der Waals surface area (Å²) in [5, 5.41) is 5.60. The predicted molar refractivity (Wildman–Crippen MR) is 77.8 cm³/mol. The first-order valence-electron chi connectivity index (χ1n) is 7.26. The normalized spacial score (nSPS) is 15.3. The van der Waals surface area contributed by atoms with Crippen LogP contribution in [0.15, 0.2) is 18.3 Å². The number of aromatic nitrogens is 1. The number of amides is 2. The highest BCUT2D eigenvalue weighted by atomic mass is 16.5. The quantitative estimate of drug-likeness (QED) is 0.889. The fourth-order valence-electron chi connectivity index (χ4n) is 2.47. The molecule has 0 aromatic carbocycles. The Bertz CT molecular complexity index is 499. The molecule has 0 unspecified atom stereocenters. The van der Waals surface area contributed by atoms with Crippen molar-refractivity contribution in [3.63, 3.8) is 0 Å². The molecule has 1 saturated carbocycles. The molecule has 1 aliphatic rings. The SMILES string of the molecule is COC(=O)NCc1cc(C(=O)NC2CCCCC2)ccn1. The van der Waals surface area contributed by atoms with Gasteiger partial charge in [0, 0.05) is 17.8 Å². The molecule has 6 nitrogen and oxygen atoms in total. The number of carbonyl (C=O) groups is 2. The van der Waals surface area contributed by atoms with Crippen LogP contribution in [0.1, 0.15) is 48.2 Å². The highest BCUT2D eigenvalue weighted by Gasteiger charge is 2.16. The van der Waals surface area contributed by atoms with E-state index in [1.807, 2.05) is 0 Å². The summed E-state index contributed by atoms with van der Waals surface area (Å²) >= 11 is 0. The highest BCUT2D eigenvalue weighted by molar-refractivity contribution is 5.94. The molecule has 1 aromatic rings. The number of methoxy groups -OCH3 is 1. The third kappa shape index (κ3) is 4.73. The summed E-state index contributed by atoms with van der Waals surface area (Å²) in [6.45, 7) is 0.233. The molecular formula is C15H21N3O3. The number of alkyl carbamates (subject to hydrolysis) is 1. The van der Waals surface area contributed by atoms with Gasteiger partial charge in [-0.3, -0.25) is 9.78 Å². The number of hydrogen-bond donors (Lipinski definition) is 2. The zero-order chi connectivity index (χ0) is 15.1. The van der Waals surface area contributed by atoms with E-state index in [1.54, 1.807) is 18.3 Å². The number of ether oxygens (including phenoxy) is 1. The van der Waals surface area contributed by atoms with Crippen LogP contribution in [-0.2, 0) is 11.3 Å². The number of nitrogens with one attached hydrogen (secondary N) is 2. The summed E-state index contributed by atoms with van der Waals surface area (Å²) in [6, 6.07) is 3.64. The second kappa shape index (κ2) is 7.61. The molecule has 2 rings (SSSR count). The van der Waals surface area contributed by atoms with Crippen LogP contribution >= 0.6 is 0 Å². The average molecular weight is 291 g/mol. The van der Waals surface area contributed by atoms with Gasteiger partial charge in [-0.2, -0.15) is 0 Å². The van der Waals surface area contributed by atoms with E-state index in [2.05, 4.69) is 20.4 Å². The second-order valence-electron chi connectivity index (χ2n) is 5.19. The Morgan fingerprint density at radius 1 is 1.33 bits per heavy atom. The third-order valence-electron chi connectivity index (χ3n) is 3.62. The Balaban J connectivity index is 1.92. The molecule has 2 N–H and O–H groups in total. The maximum Gasteiger partial charge on any atom is 0.407 e. The molecule has 1 heterocycles. The molecule has 0 aliphatic heterocycles. The first-order valence-corrected chi connectivity index (χ1v) is 7.26. The van der Waals surface area contributed by atoms with Crippen molar-refractivity contribution < 1.29 is 14.3 Å². The van der Waals surface area contributed by atoms with Gasteiger partial charge in [0.2, 0.25) is 0 Å². The minimum Gasteiger partial charge on any atom is -0.453 e. The summed E-state index contributed by atoms with van der Waals surface area (Å²) in [7, 11) is 1.30. The Hall–Kier alpha value is -2.11. The number of carbonyl (C=O) groups excluding carboxylic acids is 2. The van der Waals surface area contributed by atoms with Gasteiger partial charge < -0.3 is 15.4 Å². The van der Waals surface area contributed by atoms with Crippen molar-refractivity contribution in [1.29, 1.82) is 0 Å². The molecular weight excluding hydrogens is 270 g/mol. The van der Waals surface area contributed by atoms with Crippen molar-refractivity contribution in [1.82, 2.24) is 15.6 Å². The van der Waals surface area contributed by atoms with E-state index in [1.165, 1.54) is 26.4 Å². The minimum atomic E-state index is -0.520. The van der Waals surface area contributed by atoms with Crippen LogP contribution in [-0.4, -0.2) is 30.1 Å². The Morgan fingerprint density at radius 3 is 2.81 bits per heavy atom. The molecule has 6 heteroatoms. The predicted octanol–water partition coefficient (Wildman–Crippen LogP) is 2.00. The molecule has 114 valence electrons. The lowest BCUT2D eigenvalue weighted by molar-refractivity contribution is 0.0927. The number of rotatable bonds is 4. The lowest BCUT2D eigenvalue weighted by Gasteiger charge is -2.22. The van der Waals surface area contributed by atoms with Crippen LogP contribution in [0.4, 0.5) is 4.79 Å². The summed E-state index contributed by atoms with van der Waals surface area (Å²) in [5.74, 6) is -0.0800. The topological polar surface area (TPSA) is 80.3 Å². The standard InChI is InChI=1S/C15H21N3O3/c1-21-15(20)17-10-13-9-11(7-8-16-13)14(19)18-12-5-3-2-4-6-12/h7-9,12H,2-6,10H2,1H3,(H,17,20)(H,18,19). The van der Waals surface area contributed by atoms with Gasteiger partial charge in [-0.25, -0.2) is 4.79 Å². The lowest BCUT2D eigenvalue weighted by Crippen LogP contribution is -2.36. The van der Waals surface area contributed by atoms with E-state index in [4.69, 9.17) is 0 Å². The summed E-state index contributed by atoms with van der Waals surface area (Å²) in [5.41, 5.74) is 1.19. The summed E-state index contributed by atoms with van der Waals surface area (Å²) in [6.07, 6.45) is 6.76. The van der Waals surface area contributed by atoms with E-state index in [0.717, 1.165) is 12.8 Å². The Labute approximate surface area is 124 Å². The first-order chi connectivity index (χ1) is 10.2. The fourth-order valence-corrected chi connectivity index (χ4v) is 2.47. The largest absolute Gasteiger partial charge is 0.453 e. The molecule has 0 radical (unpaired) electrons. The zero-order valence-electron chi connectivity index (χ0n) is 12.2. The van der Waals surface area contributed by atoms with E-state index in [9.17, 15) is 9.59 Å². The van der Waals surface area contributed by atoms with Gasteiger partial charge >= 0.3 is 6.09 Å². The van der Waals surface area contributed by atoms with Crippen LogP contribution < -0.4 is 10.6 Å². The van der Waals surface area contributed by atoms with Crippen LogP contribution in [0, 0.1) is 0 Å². The number of nitrogens with zero attached hydrogens (tertiary/aromatic N) is 1. The van der Waals surface area contributed by atoms with Crippen molar-refractivity contribution in [3.8, 4) is 0 Å². The second-order valence-corrected chi connectivity index (χ2v) is 5.19. The molecule has 1 aliphatic carbocycles. The average Bonchev–Trinajstić information content (AvgIpc) is 2.53. The molecule has 0 saturated heterocycles. The molecule has 1 fully saturated rings. The monoisotopic (exact) mass is 291 g/mol. The van der Waals surface area contributed by atoms with Gasteiger partial charge in [-0.15, -0.1) is 0 Å². The molecule has 2 amide bonds. The van der Waals surface area contributed by atoms with Crippen LogP contribution in [0.2, 0.25) is 0 Å². The smallest absolute Gasteiger partial charge is 0.407 e. The van der Waals surface area contributed by atoms with Crippen LogP contribution in [0.25, 0.3) is 0 Å². The highest BCUT2D eigenvalue weighted by Crippen LogP contribution is 2.17. The lowest BCUT2D eigenvalue weighted by atomic mass is 9.95. The molecule has 1 aromatic heterocycles. The van der Waals surface area contributed by atoms with E-state index in [0.29, 0.717) is 11.3 Å². The van der Waals surface area contributed by atoms with E-state index < -0.39 is 6.09 Å². The van der Waals surface area contributed by atoms with Gasteiger partial charge in [-0.1, -0.05) is 19.3 Å². The van der Waals surface area contributed by atoms with Crippen LogP contribution in [0.5, 0.6) is 0 Å². The summed E-state index contributed by atoms with van der Waals surface area (Å²) in [4.78, 5) is 27.4. The molecule has 21 heavy (non-hydrogen) atoms. The van der Waals surface area contributed by atoms with Gasteiger partial charge in [0.15, 0.2) is 0 Å². The van der Waals surface area contributed by atoms with E-state index in [-0.39, 0.29) is 18.5 Å². The van der Waals surface area contributed by atoms with Gasteiger partial charge in [0.1, 0.15) is 0 Å². The van der Waals surface area contributed by atoms with Gasteiger partial charge in [-0.05, 0) is 25.0 Å². The third-order valence-corrected chi connectivity index (χ3v) is 3.62. The van der Waals surface area contributed by atoms with Crippen LogP contribution in [0.3, 0.4) is 0 Å². The fraction of sp³-hybridized carbons (Fsp3) is 0.533. The van der Waals surface area contributed by atoms with Gasteiger partial charge in [0.05, 0.1) is 19.3 Å². The summed E-state index contributed by atoms with van der Waals surface area (Å²) < 4.78 is 4.49. The maximum atomic E-state index is 12.2. The number of hydrogen-bond acceptors (Lipinski definition) is 4. The number of pyridine rings is 1. The van der Waals surface area contributed by atoms with Gasteiger partial charge in [0.25, 0.3) is 5.91 Å². The Morgan fingerprint density at radius 2 is 2.10 bits per heavy atom. The Kier molecular flexibility index (Phi) is 5.54. The first kappa shape index (κ1) is 15.3. The molecule has 0 spiro atoms. The van der Waals surface area contributed by atoms with E-state index >= 15 is 0 Å². The maximum absolute atomic E-state index is 12.2. The molecule has 0 bridgehead atoms. The van der Waals surface area contributed by atoms with Crippen molar-refractivity contribution in [2.45, 2.75) is 44.7 Å². The minimum absolute atomic E-state index is 0.0800. The zero-order valence-corrected chi connectivity index (χ0v) is 12.2. The van der Waals surface area contributed by atoms with Crippen molar-refractivity contribution in [2.75, 3.05) is 7.11 Å². The van der Waals surface area contributed by atoms with Crippen molar-refractivity contribution >= 4 is 12.0 Å².